The molecule has 0 atom stereocenters. The summed E-state index contributed by atoms with van der Waals surface area (Å²) in [6, 6.07) is 0.259. The predicted molar refractivity (Wildman–Crippen MR) is 88.6 cm³/mol. The predicted octanol–water partition coefficient (Wildman–Crippen LogP) is 3.42. The van der Waals surface area contributed by atoms with Crippen LogP contribution in [0.3, 0.4) is 0 Å². The lowest BCUT2D eigenvalue weighted by atomic mass is 9.98. The van der Waals surface area contributed by atoms with Gasteiger partial charge in [0.25, 0.3) is 0 Å². The maximum absolute atomic E-state index is 11.7. The van der Waals surface area contributed by atoms with E-state index < -0.39 is 0 Å². The molecule has 0 saturated carbocycles. The number of Topliss-reactive ketones (excluding diaryl/α,β-unsaturated/α-hetero) is 1. The molecule has 0 fully saturated rings. The summed E-state index contributed by atoms with van der Waals surface area (Å²) in [6.45, 7) is 8.50. The minimum absolute atomic E-state index is 0.259. The van der Waals surface area contributed by atoms with E-state index in [1.807, 2.05) is 0 Å². The second kappa shape index (κ2) is 7.47. The van der Waals surface area contributed by atoms with Crippen LogP contribution in [0, 0.1) is 5.92 Å². The van der Waals surface area contributed by atoms with E-state index in [1.54, 1.807) is 0 Å². The maximum Gasteiger partial charge on any atom is 0.226 e. The first-order chi connectivity index (χ1) is 10.4. The number of aromatic nitrogens is 3. The molecule has 0 aromatic carbocycles. The Hall–Kier alpha value is -1.78. The molecule has 0 spiro atoms. The van der Waals surface area contributed by atoms with Crippen LogP contribution in [-0.2, 0) is 11.2 Å². The number of anilines is 1. The third-order valence-corrected chi connectivity index (χ3v) is 3.53. The molecule has 0 aliphatic heterocycles. The molecule has 22 heavy (non-hydrogen) atoms. The van der Waals surface area contributed by atoms with Crippen LogP contribution in [-0.4, -0.2) is 26.8 Å². The zero-order chi connectivity index (χ0) is 16.1. The molecule has 1 N–H and O–H groups in total. The van der Waals surface area contributed by atoms with E-state index in [-0.39, 0.29) is 11.8 Å². The summed E-state index contributed by atoms with van der Waals surface area (Å²) in [6.07, 6.45) is 5.82. The van der Waals surface area contributed by atoms with Gasteiger partial charge in [0.15, 0.2) is 5.82 Å². The Kier molecular flexibility index (Phi) is 5.63. The fourth-order valence-electron chi connectivity index (χ4n) is 2.37. The highest BCUT2D eigenvalue weighted by atomic mass is 16.1. The molecule has 120 valence electrons. The summed E-state index contributed by atoms with van der Waals surface area (Å²) in [5.74, 6) is 2.95. The maximum atomic E-state index is 11.7. The largest absolute Gasteiger partial charge is 0.352 e. The topological polar surface area (TPSA) is 67.8 Å². The standard InChI is InChI=1S/C17H26N4O/c1-11(2)8-9-15-19-16(13-6-5-7-14(22)10-13)21-17(20-15)18-12(3)4/h6,11-12H,5,7-10H2,1-4H3,(H,18,19,20,21). The van der Waals surface area contributed by atoms with Crippen molar-refractivity contribution >= 4 is 17.3 Å². The van der Waals surface area contributed by atoms with E-state index in [9.17, 15) is 4.79 Å². The lowest BCUT2D eigenvalue weighted by Crippen LogP contribution is -2.16. The second-order valence-electron chi connectivity index (χ2n) is 6.61. The van der Waals surface area contributed by atoms with Gasteiger partial charge in [0.1, 0.15) is 11.6 Å². The minimum atomic E-state index is 0.259. The first-order valence-electron chi connectivity index (χ1n) is 8.16. The van der Waals surface area contributed by atoms with Gasteiger partial charge >= 0.3 is 0 Å². The van der Waals surface area contributed by atoms with Crippen molar-refractivity contribution < 1.29 is 4.79 Å². The highest BCUT2D eigenvalue weighted by molar-refractivity contribution is 5.91. The highest BCUT2D eigenvalue weighted by Gasteiger charge is 2.17. The van der Waals surface area contributed by atoms with Crippen LogP contribution >= 0.6 is 0 Å². The van der Waals surface area contributed by atoms with Gasteiger partial charge in [-0.15, -0.1) is 0 Å². The molecule has 0 amide bonds. The van der Waals surface area contributed by atoms with Gasteiger partial charge in [-0.25, -0.2) is 4.98 Å². The van der Waals surface area contributed by atoms with Crippen molar-refractivity contribution in [3.05, 3.63) is 17.7 Å². The monoisotopic (exact) mass is 302 g/mol. The molecular weight excluding hydrogens is 276 g/mol. The molecule has 0 unspecified atom stereocenters. The molecule has 5 heteroatoms. The van der Waals surface area contributed by atoms with Gasteiger partial charge in [0.05, 0.1) is 0 Å². The lowest BCUT2D eigenvalue weighted by Gasteiger charge is -2.15. The molecular formula is C17H26N4O. The zero-order valence-electron chi connectivity index (χ0n) is 14.0. The van der Waals surface area contributed by atoms with E-state index in [4.69, 9.17) is 0 Å². The van der Waals surface area contributed by atoms with Crippen molar-refractivity contribution in [2.24, 2.45) is 5.92 Å². The fourth-order valence-corrected chi connectivity index (χ4v) is 2.37. The molecule has 0 radical (unpaired) electrons. The number of aryl methyl sites for hydroxylation is 1. The summed E-state index contributed by atoms with van der Waals surface area (Å²) in [7, 11) is 0. The number of nitrogens with one attached hydrogen (secondary N) is 1. The Morgan fingerprint density at radius 1 is 1.18 bits per heavy atom. The second-order valence-corrected chi connectivity index (χ2v) is 6.61. The van der Waals surface area contributed by atoms with E-state index in [0.29, 0.717) is 30.5 Å². The molecule has 1 aromatic rings. The van der Waals surface area contributed by atoms with E-state index >= 15 is 0 Å². The third-order valence-electron chi connectivity index (χ3n) is 3.53. The number of allylic oxidation sites excluding steroid dienone is 2. The van der Waals surface area contributed by atoms with Gasteiger partial charge in [0, 0.05) is 30.9 Å². The van der Waals surface area contributed by atoms with Crippen LogP contribution in [0.2, 0.25) is 0 Å². The normalized spacial score (nSPS) is 15.4. The summed E-state index contributed by atoms with van der Waals surface area (Å²) in [5.41, 5.74) is 0.941. The molecule has 0 bridgehead atoms. The van der Waals surface area contributed by atoms with Gasteiger partial charge < -0.3 is 5.32 Å². The van der Waals surface area contributed by atoms with Crippen LogP contribution < -0.4 is 5.32 Å². The summed E-state index contributed by atoms with van der Waals surface area (Å²) >= 11 is 0. The Balaban J connectivity index is 2.28. The van der Waals surface area contributed by atoms with Crippen molar-refractivity contribution in [1.29, 1.82) is 0 Å². The lowest BCUT2D eigenvalue weighted by molar-refractivity contribution is -0.118. The van der Waals surface area contributed by atoms with E-state index in [2.05, 4.69) is 54.0 Å². The number of hydrogen-bond donors (Lipinski definition) is 1. The highest BCUT2D eigenvalue weighted by Crippen LogP contribution is 2.23. The van der Waals surface area contributed by atoms with Gasteiger partial charge in [-0.05, 0) is 32.6 Å². The van der Waals surface area contributed by atoms with Crippen LogP contribution in [0.25, 0.3) is 5.57 Å². The number of ketones is 1. The minimum Gasteiger partial charge on any atom is -0.352 e. The Bertz CT molecular complexity index is 564. The van der Waals surface area contributed by atoms with E-state index in [0.717, 1.165) is 30.7 Å². The molecule has 1 heterocycles. The first-order valence-corrected chi connectivity index (χ1v) is 8.16. The van der Waals surface area contributed by atoms with Crippen molar-refractivity contribution in [1.82, 2.24) is 15.0 Å². The fraction of sp³-hybridized carbons (Fsp3) is 0.647. The van der Waals surface area contributed by atoms with Crippen molar-refractivity contribution in [2.75, 3.05) is 5.32 Å². The summed E-state index contributed by atoms with van der Waals surface area (Å²) in [4.78, 5) is 25.3. The zero-order valence-corrected chi connectivity index (χ0v) is 14.0. The smallest absolute Gasteiger partial charge is 0.226 e. The van der Waals surface area contributed by atoms with Crippen LogP contribution in [0.4, 0.5) is 5.95 Å². The molecule has 2 rings (SSSR count). The third kappa shape index (κ3) is 4.90. The number of nitrogens with zero attached hydrogens (tertiary/aromatic N) is 3. The Morgan fingerprint density at radius 2 is 1.95 bits per heavy atom. The van der Waals surface area contributed by atoms with Crippen molar-refractivity contribution in [2.45, 2.75) is 65.8 Å². The summed E-state index contributed by atoms with van der Waals surface area (Å²) in [5, 5.41) is 3.25. The van der Waals surface area contributed by atoms with Gasteiger partial charge in [-0.1, -0.05) is 19.9 Å². The van der Waals surface area contributed by atoms with E-state index in [1.165, 1.54) is 0 Å². The Morgan fingerprint density at radius 3 is 2.59 bits per heavy atom. The quantitative estimate of drug-likeness (QED) is 0.872. The number of rotatable bonds is 6. The van der Waals surface area contributed by atoms with Crippen molar-refractivity contribution in [3.8, 4) is 0 Å². The first kappa shape index (κ1) is 16.6. The van der Waals surface area contributed by atoms with Crippen LogP contribution in [0.5, 0.6) is 0 Å². The molecule has 1 aliphatic carbocycles. The summed E-state index contributed by atoms with van der Waals surface area (Å²) < 4.78 is 0. The van der Waals surface area contributed by atoms with Crippen LogP contribution in [0.15, 0.2) is 6.08 Å². The van der Waals surface area contributed by atoms with Crippen molar-refractivity contribution in [3.63, 3.8) is 0 Å². The van der Waals surface area contributed by atoms with Gasteiger partial charge in [0.2, 0.25) is 5.95 Å². The van der Waals surface area contributed by atoms with Gasteiger partial charge in [-0.3, -0.25) is 4.79 Å². The average Bonchev–Trinajstić information content (AvgIpc) is 2.44. The average molecular weight is 302 g/mol. The van der Waals surface area contributed by atoms with Crippen LogP contribution in [0.1, 0.15) is 65.0 Å². The number of hydrogen-bond acceptors (Lipinski definition) is 5. The van der Waals surface area contributed by atoms with Gasteiger partial charge in [-0.2, -0.15) is 9.97 Å². The number of carbonyl (C=O) groups is 1. The molecule has 1 aliphatic rings. The molecule has 0 saturated heterocycles. The number of carbonyl (C=O) groups excluding carboxylic acids is 1. The Labute approximate surface area is 132 Å². The molecule has 1 aromatic heterocycles. The SMILES string of the molecule is CC(C)CCc1nc(NC(C)C)nc(C2=CCCC(=O)C2)n1. The molecule has 5 nitrogen and oxygen atoms in total.